The number of aliphatic hydroxyl groups excluding tert-OH is 1. The molecule has 68 heavy (non-hydrogen) atoms. The third-order valence-corrected chi connectivity index (χ3v) is 11.7. The average Bonchev–Trinajstić information content (AvgIpc) is 3.30. The predicted octanol–water partition coefficient (Wildman–Crippen LogP) is 3.30. The number of carbonyl (C=O) groups excluding carboxylic acids is 4. The third-order valence-electron chi connectivity index (χ3n) is 11.4. The van der Waals surface area contributed by atoms with Crippen LogP contribution < -0.4 is 5.32 Å². The topological polar surface area (TPSA) is 215 Å². The number of thiocarbonyl (C=S) groups is 1. The lowest BCUT2D eigenvalue weighted by Gasteiger charge is -2.44. The van der Waals surface area contributed by atoms with Crippen LogP contribution >= 0.6 is 12.2 Å². The number of hydrogen-bond donors (Lipinski definition) is 2. The summed E-state index contributed by atoms with van der Waals surface area (Å²) < 4.78 is 70.3. The zero-order chi connectivity index (χ0) is 48.8. The van der Waals surface area contributed by atoms with Gasteiger partial charge in [-0.3, -0.25) is 24.1 Å². The molecular formula is C48H68N2O17S. The summed E-state index contributed by atoms with van der Waals surface area (Å²) in [6.45, 7) is 13.5. The van der Waals surface area contributed by atoms with E-state index in [0.29, 0.717) is 97.2 Å². The lowest BCUT2D eigenvalue weighted by atomic mass is 9.90. The van der Waals surface area contributed by atoms with Gasteiger partial charge in [0.2, 0.25) is 0 Å². The maximum absolute atomic E-state index is 12.3. The highest BCUT2D eigenvalue weighted by Gasteiger charge is 2.52. The monoisotopic (exact) mass is 976 g/mol. The van der Waals surface area contributed by atoms with Gasteiger partial charge in [-0.05, 0) is 16.7 Å². The molecule has 0 radical (unpaired) electrons. The molecule has 3 heterocycles. The van der Waals surface area contributed by atoms with Crippen molar-refractivity contribution in [3.05, 3.63) is 70.8 Å². The number of rotatable bonds is 14. The molecule has 378 valence electrons. The number of esters is 4. The minimum absolute atomic E-state index is 0.00439. The maximum Gasteiger partial charge on any atom is 0.303 e. The molecule has 0 bridgehead atoms. The highest BCUT2D eigenvalue weighted by Crippen LogP contribution is 2.42. The molecule has 2 aromatic rings. The van der Waals surface area contributed by atoms with Gasteiger partial charge in [-0.25, -0.2) is 0 Å². The molecule has 3 aliphatic rings. The van der Waals surface area contributed by atoms with Crippen LogP contribution in [0.1, 0.15) is 75.7 Å². The van der Waals surface area contributed by atoms with Crippen molar-refractivity contribution in [2.75, 3.05) is 92.3 Å². The van der Waals surface area contributed by atoms with Gasteiger partial charge < -0.3 is 67.3 Å². The third kappa shape index (κ3) is 18.3. The van der Waals surface area contributed by atoms with Gasteiger partial charge in [0.1, 0.15) is 18.8 Å². The number of ether oxygens (including phenoxy) is 12. The number of benzene rings is 2. The van der Waals surface area contributed by atoms with E-state index in [2.05, 4.69) is 17.1 Å². The summed E-state index contributed by atoms with van der Waals surface area (Å²) in [5.74, 6) is -2.80. The van der Waals surface area contributed by atoms with Crippen LogP contribution in [0.2, 0.25) is 0 Å². The molecule has 0 aliphatic carbocycles. The summed E-state index contributed by atoms with van der Waals surface area (Å²) in [6.07, 6.45) is -7.12. The zero-order valence-electron chi connectivity index (χ0n) is 39.7. The summed E-state index contributed by atoms with van der Waals surface area (Å²) >= 11 is 5.74. The van der Waals surface area contributed by atoms with Gasteiger partial charge in [-0.15, -0.1) is 0 Å². The summed E-state index contributed by atoms with van der Waals surface area (Å²) in [7, 11) is 0. The first-order valence-electron chi connectivity index (χ1n) is 23.1. The van der Waals surface area contributed by atoms with E-state index < -0.39 is 60.7 Å². The molecule has 3 saturated heterocycles. The van der Waals surface area contributed by atoms with Crippen LogP contribution in [-0.2, 0) is 89.2 Å². The van der Waals surface area contributed by atoms with Crippen molar-refractivity contribution in [2.24, 2.45) is 5.92 Å². The first kappa shape index (κ1) is 54.7. The average molecular weight is 977 g/mol. The van der Waals surface area contributed by atoms with Gasteiger partial charge in [-0.2, -0.15) is 0 Å². The van der Waals surface area contributed by atoms with E-state index in [-0.39, 0.29) is 37.8 Å². The summed E-state index contributed by atoms with van der Waals surface area (Å²) in [6, 6.07) is 15.5. The Balaban J connectivity index is 1.27. The van der Waals surface area contributed by atoms with Crippen LogP contribution in [0.3, 0.4) is 0 Å². The quantitative estimate of drug-likeness (QED) is 0.158. The smallest absolute Gasteiger partial charge is 0.303 e. The Morgan fingerprint density at radius 3 is 1.62 bits per heavy atom. The van der Waals surface area contributed by atoms with Gasteiger partial charge in [-0.1, -0.05) is 67.7 Å². The Bertz CT molecular complexity index is 1850. The highest BCUT2D eigenvalue weighted by molar-refractivity contribution is 7.80. The van der Waals surface area contributed by atoms with Crippen LogP contribution in [0.4, 0.5) is 0 Å². The fraction of sp³-hybridized carbons (Fsp3) is 0.646. The van der Waals surface area contributed by atoms with Gasteiger partial charge in [0, 0.05) is 71.8 Å². The Kier molecular flexibility index (Phi) is 23.4. The standard InChI is InChI=1S/C48H68N2O17S/c1-31-41(28-50-14-16-56-18-20-58-22-24-60-25-23-59-21-19-57-17-15-50)66-48(67-44(31)38-10-8-37(29-51)9-11-38)39-12-6-36(7-13-39)27-49-43(68)26-40-45(62-33(3)53)47(64-35(5)55)46(63-34(4)54)42(65-40)30-61-32(2)52/h6-13,31,40-42,44-48,51H,14-30H2,1-5H3,(H,49,68)/t31-,40-,41+,42+,44+,45-,46+,47+,48?/m0/s1. The molecule has 5 rings (SSSR count). The van der Waals surface area contributed by atoms with Crippen LogP contribution in [0.5, 0.6) is 0 Å². The minimum atomic E-state index is -1.29. The SMILES string of the molecule is CC(=O)OC[C@H]1O[C@@H](CC(=S)NCc2ccc(C3O[C@H](CN4CCOCCOCCOCCOCCOCC4)[C@H](C)[C@H](c4ccc(CO)cc4)O3)cc2)[C@H](OC(C)=O)[C@@H](OC(C)=O)[C@@H]1OC(C)=O. The second-order valence-electron chi connectivity index (χ2n) is 16.6. The molecule has 0 saturated carbocycles. The van der Waals surface area contributed by atoms with E-state index in [1.54, 1.807) is 0 Å². The maximum atomic E-state index is 12.3. The number of nitrogens with one attached hydrogen (secondary N) is 1. The van der Waals surface area contributed by atoms with Crippen LogP contribution in [0.15, 0.2) is 48.5 Å². The number of hydrogen-bond acceptors (Lipinski definition) is 19. The molecule has 0 amide bonds. The Hall–Kier alpha value is -4.19. The fourth-order valence-corrected chi connectivity index (χ4v) is 8.21. The van der Waals surface area contributed by atoms with E-state index in [1.807, 2.05) is 48.5 Å². The highest BCUT2D eigenvalue weighted by atomic mass is 32.1. The molecule has 0 spiro atoms. The van der Waals surface area contributed by atoms with Crippen LogP contribution in [0.25, 0.3) is 0 Å². The van der Waals surface area contributed by atoms with Crippen molar-refractivity contribution in [3.63, 3.8) is 0 Å². The van der Waals surface area contributed by atoms with Crippen molar-refractivity contribution in [3.8, 4) is 0 Å². The van der Waals surface area contributed by atoms with Crippen molar-refractivity contribution >= 4 is 41.1 Å². The first-order chi connectivity index (χ1) is 32.8. The van der Waals surface area contributed by atoms with Crippen LogP contribution in [-0.4, -0.2) is 168 Å². The lowest BCUT2D eigenvalue weighted by Crippen LogP contribution is -2.62. The van der Waals surface area contributed by atoms with Gasteiger partial charge in [0.25, 0.3) is 0 Å². The van der Waals surface area contributed by atoms with Crippen LogP contribution in [0, 0.1) is 5.92 Å². The summed E-state index contributed by atoms with van der Waals surface area (Å²) in [5, 5.41) is 13.0. The largest absolute Gasteiger partial charge is 0.463 e. The van der Waals surface area contributed by atoms with Gasteiger partial charge >= 0.3 is 23.9 Å². The normalized spacial score (nSPS) is 27.4. The molecule has 3 aliphatic heterocycles. The molecule has 1 unspecified atom stereocenters. The molecule has 20 heteroatoms. The van der Waals surface area contributed by atoms with Crippen molar-refractivity contribution in [1.29, 1.82) is 0 Å². The Morgan fingerprint density at radius 1 is 0.618 bits per heavy atom. The summed E-state index contributed by atoms with van der Waals surface area (Å²) in [5.41, 5.74) is 3.45. The van der Waals surface area contributed by atoms with Crippen molar-refractivity contribution in [1.82, 2.24) is 10.2 Å². The number of nitrogens with zero attached hydrogens (tertiary/aromatic N) is 1. The van der Waals surface area contributed by atoms with E-state index in [4.69, 9.17) is 69.1 Å². The molecular weight excluding hydrogens is 909 g/mol. The molecule has 3 fully saturated rings. The van der Waals surface area contributed by atoms with E-state index >= 15 is 0 Å². The van der Waals surface area contributed by atoms with E-state index in [1.165, 1.54) is 27.7 Å². The zero-order valence-corrected chi connectivity index (χ0v) is 40.5. The van der Waals surface area contributed by atoms with Crippen molar-refractivity contribution < 1.29 is 81.1 Å². The number of carbonyl (C=O) groups is 4. The predicted molar refractivity (Wildman–Crippen MR) is 246 cm³/mol. The van der Waals surface area contributed by atoms with Gasteiger partial charge in [0.05, 0.1) is 89.9 Å². The van der Waals surface area contributed by atoms with Gasteiger partial charge in [0.15, 0.2) is 24.6 Å². The fourth-order valence-electron chi connectivity index (χ4n) is 7.98. The Labute approximate surface area is 403 Å². The molecule has 2 aromatic carbocycles. The molecule has 2 N–H and O–H groups in total. The van der Waals surface area contributed by atoms with E-state index in [0.717, 1.165) is 22.3 Å². The second kappa shape index (κ2) is 29.1. The number of aliphatic hydroxyl groups is 1. The Morgan fingerprint density at radius 2 is 1.10 bits per heavy atom. The van der Waals surface area contributed by atoms with E-state index in [9.17, 15) is 24.3 Å². The minimum Gasteiger partial charge on any atom is -0.463 e. The second-order valence-corrected chi connectivity index (χ2v) is 17.1. The molecule has 9 atom stereocenters. The molecule has 0 aromatic heterocycles. The van der Waals surface area contributed by atoms with Crippen molar-refractivity contribution in [2.45, 2.75) is 103 Å². The summed E-state index contributed by atoms with van der Waals surface area (Å²) in [4.78, 5) is 51.1. The lowest BCUT2D eigenvalue weighted by molar-refractivity contribution is -0.276. The first-order valence-corrected chi connectivity index (χ1v) is 23.5. The molecule has 19 nitrogen and oxygen atoms in total.